The molecule has 2 aromatic heterocycles. The largest absolute Gasteiger partial charge is 0.444 e. The summed E-state index contributed by atoms with van der Waals surface area (Å²) in [5.41, 5.74) is 0.186. The van der Waals surface area contributed by atoms with Gasteiger partial charge in [-0.2, -0.15) is 4.98 Å². The molecule has 2 atom stereocenters. The molecule has 3 heterocycles. The number of hydrogen-bond acceptors (Lipinski definition) is 7. The van der Waals surface area contributed by atoms with E-state index in [-0.39, 0.29) is 23.9 Å². The topological polar surface area (TPSA) is 89.8 Å². The van der Waals surface area contributed by atoms with Crippen molar-refractivity contribution in [3.8, 4) is 0 Å². The van der Waals surface area contributed by atoms with E-state index in [2.05, 4.69) is 9.97 Å². The van der Waals surface area contributed by atoms with Gasteiger partial charge < -0.3 is 19.3 Å². The van der Waals surface area contributed by atoms with Crippen LogP contribution >= 0.6 is 11.6 Å². The summed E-state index contributed by atoms with van der Waals surface area (Å²) in [6.45, 7) is 8.59. The van der Waals surface area contributed by atoms with Crippen molar-refractivity contribution in [1.29, 1.82) is 0 Å². The molecule has 0 aromatic carbocycles. The molecule has 30 heavy (non-hydrogen) atoms. The van der Waals surface area contributed by atoms with Gasteiger partial charge in [0.25, 0.3) is 0 Å². The molecule has 0 unspecified atom stereocenters. The monoisotopic (exact) mass is 437 g/mol. The second kappa shape index (κ2) is 8.39. The minimum Gasteiger partial charge on any atom is -0.444 e. The SMILES string of the molecule is COC[C@H]1CN(C(=O)OC(C)(C)C)[C@H](C)CN1c1nc(=O)n(C)c2ccc(Cl)nc12. The second-order valence-electron chi connectivity index (χ2n) is 8.52. The van der Waals surface area contributed by atoms with Gasteiger partial charge in [-0.1, -0.05) is 11.6 Å². The van der Waals surface area contributed by atoms with Crippen LogP contribution in [0.25, 0.3) is 11.0 Å². The molecule has 1 fully saturated rings. The minimum atomic E-state index is -0.589. The van der Waals surface area contributed by atoms with Crippen molar-refractivity contribution < 1.29 is 14.3 Å². The smallest absolute Gasteiger partial charge is 0.410 e. The fraction of sp³-hybridized carbons (Fsp3) is 0.600. The number of carbonyl (C=O) groups is 1. The van der Waals surface area contributed by atoms with Gasteiger partial charge in [0.15, 0.2) is 5.82 Å². The highest BCUT2D eigenvalue weighted by molar-refractivity contribution is 6.29. The van der Waals surface area contributed by atoms with Crippen molar-refractivity contribution >= 4 is 34.5 Å². The number of aromatic nitrogens is 3. The summed E-state index contributed by atoms with van der Waals surface area (Å²) in [6.07, 6.45) is -0.376. The van der Waals surface area contributed by atoms with Crippen LogP contribution in [0.1, 0.15) is 27.7 Å². The van der Waals surface area contributed by atoms with E-state index in [9.17, 15) is 9.59 Å². The van der Waals surface area contributed by atoms with Crippen LogP contribution in [0.3, 0.4) is 0 Å². The molecule has 0 spiro atoms. The number of amides is 1. The van der Waals surface area contributed by atoms with Crippen LogP contribution in [0.2, 0.25) is 5.15 Å². The predicted molar refractivity (Wildman–Crippen MR) is 115 cm³/mol. The Morgan fingerprint density at radius 2 is 1.97 bits per heavy atom. The third-order valence-electron chi connectivity index (χ3n) is 5.00. The Balaban J connectivity index is 2.02. The number of halogens is 1. The molecule has 9 nitrogen and oxygen atoms in total. The lowest BCUT2D eigenvalue weighted by molar-refractivity contribution is 0.00896. The van der Waals surface area contributed by atoms with Crippen molar-refractivity contribution in [3.05, 3.63) is 27.8 Å². The molecule has 1 saturated heterocycles. The highest BCUT2D eigenvalue weighted by Crippen LogP contribution is 2.28. The van der Waals surface area contributed by atoms with Crippen molar-refractivity contribution in [3.63, 3.8) is 0 Å². The summed E-state index contributed by atoms with van der Waals surface area (Å²) >= 11 is 6.14. The number of hydrogen-bond donors (Lipinski definition) is 0. The van der Waals surface area contributed by atoms with Crippen molar-refractivity contribution in [1.82, 2.24) is 19.4 Å². The van der Waals surface area contributed by atoms with E-state index in [1.807, 2.05) is 32.6 Å². The maximum Gasteiger partial charge on any atom is 0.410 e. The molecule has 0 bridgehead atoms. The molecular formula is C20H28ClN5O4. The van der Waals surface area contributed by atoms with Gasteiger partial charge in [0.1, 0.15) is 16.3 Å². The lowest BCUT2D eigenvalue weighted by Crippen LogP contribution is -2.61. The van der Waals surface area contributed by atoms with E-state index in [0.717, 1.165) is 0 Å². The van der Waals surface area contributed by atoms with Crippen molar-refractivity contribution in [2.75, 3.05) is 31.7 Å². The second-order valence-corrected chi connectivity index (χ2v) is 8.91. The Hall–Kier alpha value is -2.39. The van der Waals surface area contributed by atoms with E-state index in [1.54, 1.807) is 31.2 Å². The highest BCUT2D eigenvalue weighted by atomic mass is 35.5. The normalized spacial score (nSPS) is 20.0. The average molecular weight is 438 g/mol. The zero-order valence-corrected chi connectivity index (χ0v) is 18.9. The molecule has 3 rings (SSSR count). The summed E-state index contributed by atoms with van der Waals surface area (Å²) in [5, 5.41) is 0.313. The summed E-state index contributed by atoms with van der Waals surface area (Å²) in [6, 6.07) is 2.99. The van der Waals surface area contributed by atoms with E-state index in [1.165, 1.54) is 4.57 Å². The summed E-state index contributed by atoms with van der Waals surface area (Å²) in [4.78, 5) is 37.6. The van der Waals surface area contributed by atoms with Gasteiger partial charge in [0.05, 0.1) is 18.2 Å². The Bertz CT molecular complexity index is 1000. The maximum absolute atomic E-state index is 12.7. The number of piperazine rings is 1. The standard InChI is InChI=1S/C20H28ClN5O4/c1-12-9-26(13(11-29-6)10-25(12)19(28)30-20(2,3)4)17-16-14(7-8-15(21)22-16)24(5)18(27)23-17/h7-8,12-13H,9-11H2,1-6H3/t12-,13-/m1/s1. The van der Waals surface area contributed by atoms with E-state index in [4.69, 9.17) is 21.1 Å². The first kappa shape index (κ1) is 22.3. The summed E-state index contributed by atoms with van der Waals surface area (Å²) < 4.78 is 12.4. The van der Waals surface area contributed by atoms with Gasteiger partial charge in [-0.25, -0.2) is 14.6 Å². The number of carbonyl (C=O) groups excluding carboxylic acids is 1. The molecule has 164 valence electrons. The first-order chi connectivity index (χ1) is 14.0. The number of anilines is 1. The lowest BCUT2D eigenvalue weighted by Gasteiger charge is -2.45. The molecule has 0 saturated carbocycles. The van der Waals surface area contributed by atoms with Crippen LogP contribution in [0, 0.1) is 0 Å². The third kappa shape index (κ3) is 4.52. The van der Waals surface area contributed by atoms with Crippen LogP contribution in [-0.4, -0.2) is 70.0 Å². The Kier molecular flexibility index (Phi) is 6.24. The lowest BCUT2D eigenvalue weighted by atomic mass is 10.1. The van der Waals surface area contributed by atoms with E-state index in [0.29, 0.717) is 41.7 Å². The minimum absolute atomic E-state index is 0.173. The Morgan fingerprint density at radius 1 is 1.27 bits per heavy atom. The number of pyridine rings is 1. The fourth-order valence-corrected chi connectivity index (χ4v) is 3.74. The number of aryl methyl sites for hydroxylation is 1. The Labute approximate surface area is 180 Å². The fourth-order valence-electron chi connectivity index (χ4n) is 3.59. The molecule has 0 radical (unpaired) electrons. The zero-order chi connectivity index (χ0) is 22.2. The van der Waals surface area contributed by atoms with Crippen LogP contribution < -0.4 is 10.6 Å². The highest BCUT2D eigenvalue weighted by Gasteiger charge is 2.38. The molecule has 0 aliphatic carbocycles. The summed E-state index contributed by atoms with van der Waals surface area (Å²) in [5.74, 6) is 0.438. The molecular weight excluding hydrogens is 410 g/mol. The first-order valence-electron chi connectivity index (χ1n) is 9.80. The number of fused-ring (bicyclic) bond motifs is 1. The van der Waals surface area contributed by atoms with Crippen LogP contribution in [0.5, 0.6) is 0 Å². The summed E-state index contributed by atoms with van der Waals surface area (Å²) in [7, 11) is 3.24. The molecule has 1 amide bonds. The van der Waals surface area contributed by atoms with Gasteiger partial charge in [-0.15, -0.1) is 0 Å². The number of ether oxygens (including phenoxy) is 2. The average Bonchev–Trinajstić information content (AvgIpc) is 2.64. The number of methoxy groups -OCH3 is 1. The zero-order valence-electron chi connectivity index (χ0n) is 18.2. The van der Waals surface area contributed by atoms with Gasteiger partial charge >= 0.3 is 11.8 Å². The molecule has 10 heteroatoms. The predicted octanol–water partition coefficient (Wildman–Crippen LogP) is 2.44. The third-order valence-corrected chi connectivity index (χ3v) is 5.21. The van der Waals surface area contributed by atoms with Crippen LogP contribution in [0.4, 0.5) is 10.6 Å². The van der Waals surface area contributed by atoms with Crippen LogP contribution in [0.15, 0.2) is 16.9 Å². The van der Waals surface area contributed by atoms with E-state index < -0.39 is 5.60 Å². The first-order valence-corrected chi connectivity index (χ1v) is 10.2. The molecule has 2 aromatic rings. The van der Waals surface area contributed by atoms with Gasteiger partial charge in [0, 0.05) is 33.3 Å². The maximum atomic E-state index is 12.7. The number of nitrogens with zero attached hydrogens (tertiary/aromatic N) is 5. The van der Waals surface area contributed by atoms with Crippen LogP contribution in [-0.2, 0) is 16.5 Å². The van der Waals surface area contributed by atoms with Gasteiger partial charge in [-0.05, 0) is 39.8 Å². The van der Waals surface area contributed by atoms with Gasteiger partial charge in [0.2, 0.25) is 0 Å². The molecule has 1 aliphatic rings. The number of rotatable bonds is 3. The van der Waals surface area contributed by atoms with E-state index >= 15 is 0 Å². The molecule has 0 N–H and O–H groups in total. The van der Waals surface area contributed by atoms with Crippen molar-refractivity contribution in [2.24, 2.45) is 7.05 Å². The quantitative estimate of drug-likeness (QED) is 0.681. The van der Waals surface area contributed by atoms with Crippen molar-refractivity contribution in [2.45, 2.75) is 45.4 Å². The Morgan fingerprint density at radius 3 is 2.60 bits per heavy atom. The van der Waals surface area contributed by atoms with Gasteiger partial charge in [-0.3, -0.25) is 4.57 Å². The molecule has 1 aliphatic heterocycles.